The highest BCUT2D eigenvalue weighted by Crippen LogP contribution is 2.13. The molecule has 7 heteroatoms. The number of amides is 1. The number of hydrogen-bond acceptors (Lipinski definition) is 4. The lowest BCUT2D eigenvalue weighted by Gasteiger charge is -2.07. The molecular formula is C11H17N3O3S. The average Bonchev–Trinajstić information content (AvgIpc) is 2.28. The van der Waals surface area contributed by atoms with E-state index < -0.39 is 10.0 Å². The molecule has 1 rings (SSSR count). The van der Waals surface area contributed by atoms with Gasteiger partial charge in [0.15, 0.2) is 0 Å². The Balaban J connectivity index is 2.65. The van der Waals surface area contributed by atoms with Gasteiger partial charge in [-0.25, -0.2) is 13.6 Å². The van der Waals surface area contributed by atoms with Gasteiger partial charge in [-0.15, -0.1) is 0 Å². The van der Waals surface area contributed by atoms with Crippen LogP contribution in [0, 0.1) is 0 Å². The zero-order chi connectivity index (χ0) is 13.6. The van der Waals surface area contributed by atoms with E-state index in [1.165, 1.54) is 18.2 Å². The molecule has 0 saturated heterocycles. The normalized spacial score (nSPS) is 11.2. The van der Waals surface area contributed by atoms with Crippen molar-refractivity contribution in [1.82, 2.24) is 5.32 Å². The largest absolute Gasteiger partial charge is 0.325 e. The Morgan fingerprint density at radius 1 is 1.39 bits per heavy atom. The Bertz CT molecular complexity index is 514. The Morgan fingerprint density at radius 2 is 2.11 bits per heavy atom. The standard InChI is InChI=1S/C11H17N3O3S/c1-2-6-13-8-11(15)14-9-4-3-5-10(7-9)18(12,16)17/h3-5,7,13H,2,6,8H2,1H3,(H,14,15)(H2,12,16,17). The summed E-state index contributed by atoms with van der Waals surface area (Å²) in [7, 11) is -3.75. The summed E-state index contributed by atoms with van der Waals surface area (Å²) in [5.41, 5.74) is 0.407. The average molecular weight is 271 g/mol. The van der Waals surface area contributed by atoms with Gasteiger partial charge in [-0.05, 0) is 31.2 Å². The summed E-state index contributed by atoms with van der Waals surface area (Å²) in [5.74, 6) is -0.227. The fraction of sp³-hybridized carbons (Fsp3) is 0.364. The number of nitrogens with one attached hydrogen (secondary N) is 2. The SMILES string of the molecule is CCCNCC(=O)Nc1cccc(S(N)(=O)=O)c1. The minimum Gasteiger partial charge on any atom is -0.325 e. The van der Waals surface area contributed by atoms with Crippen LogP contribution in [-0.4, -0.2) is 27.4 Å². The van der Waals surface area contributed by atoms with Gasteiger partial charge in [-0.3, -0.25) is 4.79 Å². The molecule has 1 amide bonds. The van der Waals surface area contributed by atoms with Crippen molar-refractivity contribution >= 4 is 21.6 Å². The molecule has 0 heterocycles. The maximum atomic E-state index is 11.5. The number of rotatable bonds is 6. The summed E-state index contributed by atoms with van der Waals surface area (Å²) in [6.45, 7) is 2.94. The molecule has 1 aromatic carbocycles. The van der Waals surface area contributed by atoms with Crippen molar-refractivity contribution in [3.05, 3.63) is 24.3 Å². The van der Waals surface area contributed by atoms with Crippen LogP contribution in [0.2, 0.25) is 0 Å². The van der Waals surface area contributed by atoms with Gasteiger partial charge in [0.05, 0.1) is 11.4 Å². The molecule has 0 saturated carbocycles. The van der Waals surface area contributed by atoms with Crippen LogP contribution in [0.3, 0.4) is 0 Å². The topological polar surface area (TPSA) is 101 Å². The van der Waals surface area contributed by atoms with Gasteiger partial charge in [-0.1, -0.05) is 13.0 Å². The van der Waals surface area contributed by atoms with Crippen molar-refractivity contribution in [2.24, 2.45) is 5.14 Å². The zero-order valence-electron chi connectivity index (χ0n) is 10.1. The molecular weight excluding hydrogens is 254 g/mol. The van der Waals surface area contributed by atoms with Crippen LogP contribution in [0.4, 0.5) is 5.69 Å². The molecule has 0 aromatic heterocycles. The van der Waals surface area contributed by atoms with E-state index >= 15 is 0 Å². The quantitative estimate of drug-likeness (QED) is 0.646. The van der Waals surface area contributed by atoms with Crippen molar-refractivity contribution in [3.63, 3.8) is 0 Å². The van der Waals surface area contributed by atoms with Crippen molar-refractivity contribution in [2.45, 2.75) is 18.2 Å². The van der Waals surface area contributed by atoms with Crippen LogP contribution in [-0.2, 0) is 14.8 Å². The molecule has 0 fully saturated rings. The number of anilines is 1. The molecule has 0 radical (unpaired) electrons. The third kappa shape index (κ3) is 4.82. The van der Waals surface area contributed by atoms with E-state index in [2.05, 4.69) is 10.6 Å². The van der Waals surface area contributed by atoms with Gasteiger partial charge >= 0.3 is 0 Å². The second kappa shape index (κ2) is 6.48. The first-order valence-corrected chi connectivity index (χ1v) is 7.11. The first-order chi connectivity index (χ1) is 8.43. The van der Waals surface area contributed by atoms with E-state index in [1.54, 1.807) is 6.07 Å². The molecule has 0 aliphatic rings. The Kier molecular flexibility index (Phi) is 5.26. The molecule has 1 aromatic rings. The first-order valence-electron chi connectivity index (χ1n) is 5.57. The molecule has 0 aliphatic carbocycles. The van der Waals surface area contributed by atoms with E-state index in [0.29, 0.717) is 5.69 Å². The molecule has 0 bridgehead atoms. The Hall–Kier alpha value is -1.44. The van der Waals surface area contributed by atoms with Crippen LogP contribution >= 0.6 is 0 Å². The van der Waals surface area contributed by atoms with Crippen LogP contribution in [0.15, 0.2) is 29.2 Å². The number of hydrogen-bond donors (Lipinski definition) is 3. The predicted molar refractivity (Wildman–Crippen MR) is 69.6 cm³/mol. The molecule has 0 spiro atoms. The van der Waals surface area contributed by atoms with Gasteiger partial charge in [0.25, 0.3) is 0 Å². The molecule has 4 N–H and O–H groups in total. The van der Waals surface area contributed by atoms with Crippen molar-refractivity contribution in [2.75, 3.05) is 18.4 Å². The van der Waals surface area contributed by atoms with Gasteiger partial charge < -0.3 is 10.6 Å². The summed E-state index contributed by atoms with van der Waals surface area (Å²) in [5, 5.41) is 10.5. The smallest absolute Gasteiger partial charge is 0.238 e. The van der Waals surface area contributed by atoms with Crippen LogP contribution in [0.25, 0.3) is 0 Å². The first kappa shape index (κ1) is 14.6. The van der Waals surface area contributed by atoms with Crippen LogP contribution in [0.1, 0.15) is 13.3 Å². The summed E-state index contributed by atoms with van der Waals surface area (Å²) < 4.78 is 22.3. The number of carbonyl (C=O) groups is 1. The Labute approximate surface area is 107 Å². The second-order valence-electron chi connectivity index (χ2n) is 3.80. The highest BCUT2D eigenvalue weighted by molar-refractivity contribution is 7.89. The molecule has 18 heavy (non-hydrogen) atoms. The van der Waals surface area contributed by atoms with Gasteiger partial charge in [-0.2, -0.15) is 0 Å². The van der Waals surface area contributed by atoms with Gasteiger partial charge in [0.1, 0.15) is 0 Å². The van der Waals surface area contributed by atoms with E-state index in [4.69, 9.17) is 5.14 Å². The highest BCUT2D eigenvalue weighted by atomic mass is 32.2. The lowest BCUT2D eigenvalue weighted by Crippen LogP contribution is -2.28. The number of primary sulfonamides is 1. The van der Waals surface area contributed by atoms with Gasteiger partial charge in [0, 0.05) is 5.69 Å². The fourth-order valence-electron chi connectivity index (χ4n) is 1.33. The summed E-state index contributed by atoms with van der Waals surface area (Å²) in [4.78, 5) is 11.5. The highest BCUT2D eigenvalue weighted by Gasteiger charge is 2.09. The van der Waals surface area contributed by atoms with Crippen molar-refractivity contribution < 1.29 is 13.2 Å². The zero-order valence-corrected chi connectivity index (χ0v) is 11.0. The minimum absolute atomic E-state index is 0.0261. The Morgan fingerprint density at radius 3 is 2.72 bits per heavy atom. The number of nitrogens with two attached hydrogens (primary N) is 1. The van der Waals surface area contributed by atoms with Crippen LogP contribution in [0.5, 0.6) is 0 Å². The van der Waals surface area contributed by atoms with E-state index in [-0.39, 0.29) is 17.3 Å². The monoisotopic (exact) mass is 271 g/mol. The van der Waals surface area contributed by atoms with Crippen molar-refractivity contribution in [3.8, 4) is 0 Å². The third-order valence-corrected chi connectivity index (χ3v) is 3.07. The fourth-order valence-corrected chi connectivity index (χ4v) is 1.89. The summed E-state index contributed by atoms with van der Waals surface area (Å²) >= 11 is 0. The lowest BCUT2D eigenvalue weighted by atomic mass is 10.3. The lowest BCUT2D eigenvalue weighted by molar-refractivity contribution is -0.115. The predicted octanol–water partition coefficient (Wildman–Crippen LogP) is 0.272. The molecule has 0 aliphatic heterocycles. The van der Waals surface area contributed by atoms with Crippen molar-refractivity contribution in [1.29, 1.82) is 0 Å². The molecule has 0 unspecified atom stereocenters. The van der Waals surface area contributed by atoms with E-state index in [1.807, 2.05) is 6.92 Å². The molecule has 100 valence electrons. The maximum Gasteiger partial charge on any atom is 0.238 e. The second-order valence-corrected chi connectivity index (χ2v) is 5.36. The number of benzene rings is 1. The molecule has 6 nitrogen and oxygen atoms in total. The number of sulfonamides is 1. The van der Waals surface area contributed by atoms with Crippen LogP contribution < -0.4 is 15.8 Å². The van der Waals surface area contributed by atoms with Gasteiger partial charge in [0.2, 0.25) is 15.9 Å². The molecule has 0 atom stereocenters. The summed E-state index contributed by atoms with van der Waals surface area (Å²) in [6.07, 6.45) is 0.939. The minimum atomic E-state index is -3.75. The van der Waals surface area contributed by atoms with E-state index in [9.17, 15) is 13.2 Å². The van der Waals surface area contributed by atoms with E-state index in [0.717, 1.165) is 13.0 Å². The maximum absolute atomic E-state index is 11.5. The third-order valence-electron chi connectivity index (χ3n) is 2.16. The number of carbonyl (C=O) groups excluding carboxylic acids is 1. The summed E-state index contributed by atoms with van der Waals surface area (Å²) in [6, 6.07) is 5.83.